The van der Waals surface area contributed by atoms with Crippen molar-refractivity contribution in [3.63, 3.8) is 0 Å². The second kappa shape index (κ2) is 8.00. The summed E-state index contributed by atoms with van der Waals surface area (Å²) in [6, 6.07) is 14.5. The Kier molecular flexibility index (Phi) is 5.52. The van der Waals surface area contributed by atoms with Crippen LogP contribution in [0.4, 0.5) is 5.69 Å². The summed E-state index contributed by atoms with van der Waals surface area (Å²) in [5.41, 5.74) is 5.69. The highest BCUT2D eigenvalue weighted by molar-refractivity contribution is 6.05. The van der Waals surface area contributed by atoms with Crippen LogP contribution in [0.1, 0.15) is 34.0 Å². The molecule has 3 aromatic rings. The molecule has 3 rings (SSSR count). The molecular formula is C22H24N2O2. The Morgan fingerprint density at radius 1 is 1.15 bits per heavy atom. The van der Waals surface area contributed by atoms with Crippen molar-refractivity contribution in [1.29, 1.82) is 0 Å². The van der Waals surface area contributed by atoms with Crippen LogP contribution in [0.25, 0.3) is 10.9 Å². The zero-order valence-electron chi connectivity index (χ0n) is 15.5. The smallest absolute Gasteiger partial charge is 0.341 e. The number of rotatable bonds is 6. The molecule has 0 saturated heterocycles. The molecule has 0 atom stereocenters. The molecule has 4 nitrogen and oxygen atoms in total. The summed E-state index contributed by atoms with van der Waals surface area (Å²) in [4.78, 5) is 16.9. The van der Waals surface area contributed by atoms with Gasteiger partial charge in [-0.15, -0.1) is 0 Å². The number of nitrogens with zero attached hydrogens (tertiary/aromatic N) is 1. The van der Waals surface area contributed by atoms with Crippen LogP contribution in [0.5, 0.6) is 0 Å². The van der Waals surface area contributed by atoms with Crippen molar-refractivity contribution in [3.8, 4) is 0 Å². The van der Waals surface area contributed by atoms with E-state index >= 15 is 0 Å². The minimum absolute atomic E-state index is 0.340. The summed E-state index contributed by atoms with van der Waals surface area (Å²) in [5, 5.41) is 4.42. The molecule has 0 amide bonds. The third kappa shape index (κ3) is 3.85. The molecule has 0 unspecified atom stereocenters. The first-order valence-electron chi connectivity index (χ1n) is 8.95. The van der Waals surface area contributed by atoms with Crippen LogP contribution in [0.3, 0.4) is 0 Å². The van der Waals surface area contributed by atoms with Gasteiger partial charge in [0.2, 0.25) is 0 Å². The minimum Gasteiger partial charge on any atom is -0.462 e. The van der Waals surface area contributed by atoms with Crippen molar-refractivity contribution >= 4 is 22.6 Å². The van der Waals surface area contributed by atoms with Crippen LogP contribution in [0, 0.1) is 13.8 Å². The molecule has 0 aliphatic heterocycles. The fourth-order valence-corrected chi connectivity index (χ4v) is 3.19. The highest BCUT2D eigenvalue weighted by atomic mass is 16.5. The number of fused-ring (bicyclic) bond motifs is 1. The first-order chi connectivity index (χ1) is 12.6. The Morgan fingerprint density at radius 3 is 2.65 bits per heavy atom. The Hall–Kier alpha value is -2.88. The summed E-state index contributed by atoms with van der Waals surface area (Å²) in [5.74, 6) is -0.344. The van der Waals surface area contributed by atoms with Gasteiger partial charge in [0.25, 0.3) is 0 Å². The summed E-state index contributed by atoms with van der Waals surface area (Å²) in [6.45, 7) is 6.97. The molecule has 0 saturated carbocycles. The third-order valence-corrected chi connectivity index (χ3v) is 4.36. The largest absolute Gasteiger partial charge is 0.462 e. The lowest BCUT2D eigenvalue weighted by atomic mass is 10.0. The average Bonchev–Trinajstić information content (AvgIpc) is 2.63. The van der Waals surface area contributed by atoms with Crippen LogP contribution in [0.15, 0.2) is 48.7 Å². The van der Waals surface area contributed by atoms with E-state index in [9.17, 15) is 4.79 Å². The Morgan fingerprint density at radius 2 is 1.92 bits per heavy atom. The average molecular weight is 348 g/mol. The predicted octanol–water partition coefficient (Wildman–Crippen LogP) is 4.68. The van der Waals surface area contributed by atoms with Crippen molar-refractivity contribution in [2.24, 2.45) is 0 Å². The number of anilines is 1. The molecule has 0 fully saturated rings. The minimum atomic E-state index is -0.344. The van der Waals surface area contributed by atoms with Crippen molar-refractivity contribution in [2.45, 2.75) is 27.2 Å². The number of ether oxygens (including phenoxy) is 1. The Labute approximate surface area is 154 Å². The predicted molar refractivity (Wildman–Crippen MR) is 106 cm³/mol. The molecule has 1 heterocycles. The van der Waals surface area contributed by atoms with E-state index in [0.717, 1.165) is 40.7 Å². The van der Waals surface area contributed by atoms with Gasteiger partial charge in [-0.25, -0.2) is 4.79 Å². The lowest BCUT2D eigenvalue weighted by Crippen LogP contribution is -2.13. The maximum atomic E-state index is 12.4. The number of esters is 1. The molecule has 1 aromatic heterocycles. The molecule has 4 heteroatoms. The van der Waals surface area contributed by atoms with Gasteiger partial charge in [-0.2, -0.15) is 0 Å². The number of aryl methyl sites for hydroxylation is 2. The van der Waals surface area contributed by atoms with Gasteiger partial charge in [0, 0.05) is 18.1 Å². The number of pyridine rings is 1. The number of hydrogen-bond donors (Lipinski definition) is 1. The first kappa shape index (κ1) is 17.9. The van der Waals surface area contributed by atoms with E-state index in [4.69, 9.17) is 4.74 Å². The number of hydrogen-bond acceptors (Lipinski definition) is 4. The van der Waals surface area contributed by atoms with Gasteiger partial charge in [-0.05, 0) is 44.4 Å². The topological polar surface area (TPSA) is 51.2 Å². The van der Waals surface area contributed by atoms with E-state index in [-0.39, 0.29) is 5.97 Å². The van der Waals surface area contributed by atoms with Crippen molar-refractivity contribution in [3.05, 3.63) is 70.9 Å². The normalized spacial score (nSPS) is 10.7. The lowest BCUT2D eigenvalue weighted by Gasteiger charge is -2.15. The quantitative estimate of drug-likeness (QED) is 0.657. The molecule has 0 bridgehead atoms. The van der Waals surface area contributed by atoms with E-state index in [1.165, 1.54) is 5.56 Å². The summed E-state index contributed by atoms with van der Waals surface area (Å²) < 4.78 is 5.22. The van der Waals surface area contributed by atoms with Crippen molar-refractivity contribution < 1.29 is 9.53 Å². The van der Waals surface area contributed by atoms with E-state index < -0.39 is 0 Å². The number of nitrogens with one attached hydrogen (secondary N) is 1. The second-order valence-corrected chi connectivity index (χ2v) is 6.41. The van der Waals surface area contributed by atoms with Gasteiger partial charge in [0.1, 0.15) is 5.56 Å². The maximum Gasteiger partial charge on any atom is 0.341 e. The SMILES string of the molecule is CCOC(=O)c1cnc2c(C)cc(C)cc2c1NCCc1ccccc1. The highest BCUT2D eigenvalue weighted by Crippen LogP contribution is 2.29. The number of aromatic nitrogens is 1. The number of benzene rings is 2. The standard InChI is InChI=1S/C22H24N2O2/c1-4-26-22(25)19-14-24-20-16(3)12-15(2)13-18(20)21(19)23-11-10-17-8-6-5-7-9-17/h5-9,12-14H,4,10-11H2,1-3H3,(H,23,24). The van der Waals surface area contributed by atoms with Gasteiger partial charge >= 0.3 is 5.97 Å². The molecule has 0 spiro atoms. The molecular weight excluding hydrogens is 324 g/mol. The van der Waals surface area contributed by atoms with Gasteiger partial charge in [-0.1, -0.05) is 42.0 Å². The Bertz CT molecular complexity index is 920. The first-order valence-corrected chi connectivity index (χ1v) is 8.95. The maximum absolute atomic E-state index is 12.4. The van der Waals surface area contributed by atoms with Crippen LogP contribution in [-0.2, 0) is 11.2 Å². The molecule has 0 radical (unpaired) electrons. The fourth-order valence-electron chi connectivity index (χ4n) is 3.19. The van der Waals surface area contributed by atoms with Crippen molar-refractivity contribution in [2.75, 3.05) is 18.5 Å². The molecule has 2 aromatic carbocycles. The Balaban J connectivity index is 1.98. The van der Waals surface area contributed by atoms with Crippen LogP contribution in [-0.4, -0.2) is 24.1 Å². The number of carbonyl (C=O) groups excluding carboxylic acids is 1. The van der Waals surface area contributed by atoms with E-state index in [1.807, 2.05) is 32.0 Å². The van der Waals surface area contributed by atoms with E-state index in [1.54, 1.807) is 6.20 Å². The van der Waals surface area contributed by atoms with Crippen molar-refractivity contribution in [1.82, 2.24) is 4.98 Å². The molecule has 1 N–H and O–H groups in total. The van der Waals surface area contributed by atoms with Gasteiger partial charge in [0.05, 0.1) is 17.8 Å². The lowest BCUT2D eigenvalue weighted by molar-refractivity contribution is 0.0527. The van der Waals surface area contributed by atoms with Gasteiger partial charge in [0.15, 0.2) is 0 Å². The summed E-state index contributed by atoms with van der Waals surface area (Å²) in [6.07, 6.45) is 2.49. The molecule has 134 valence electrons. The summed E-state index contributed by atoms with van der Waals surface area (Å²) in [7, 11) is 0. The molecule has 26 heavy (non-hydrogen) atoms. The summed E-state index contributed by atoms with van der Waals surface area (Å²) >= 11 is 0. The van der Waals surface area contributed by atoms with Crippen LogP contribution < -0.4 is 5.32 Å². The third-order valence-electron chi connectivity index (χ3n) is 4.36. The fraction of sp³-hybridized carbons (Fsp3) is 0.273. The van der Waals surface area contributed by atoms with E-state index in [0.29, 0.717) is 12.2 Å². The monoisotopic (exact) mass is 348 g/mol. The number of carbonyl (C=O) groups is 1. The van der Waals surface area contributed by atoms with Crippen LogP contribution in [0.2, 0.25) is 0 Å². The molecule has 0 aliphatic rings. The zero-order chi connectivity index (χ0) is 18.5. The van der Waals surface area contributed by atoms with Crippen LogP contribution >= 0.6 is 0 Å². The second-order valence-electron chi connectivity index (χ2n) is 6.41. The van der Waals surface area contributed by atoms with E-state index in [2.05, 4.69) is 41.5 Å². The van der Waals surface area contributed by atoms with Gasteiger partial charge in [-0.3, -0.25) is 4.98 Å². The highest BCUT2D eigenvalue weighted by Gasteiger charge is 2.17. The zero-order valence-corrected chi connectivity index (χ0v) is 15.5. The van der Waals surface area contributed by atoms with Gasteiger partial charge < -0.3 is 10.1 Å². The molecule has 0 aliphatic carbocycles.